The largest absolute Gasteiger partial charge is 0.436 e. The molecule has 0 aliphatic rings. The van der Waals surface area contributed by atoms with E-state index in [0.717, 1.165) is 11.1 Å². The van der Waals surface area contributed by atoms with E-state index >= 15 is 0 Å². The highest BCUT2D eigenvalue weighted by molar-refractivity contribution is 6.31. The van der Waals surface area contributed by atoms with Gasteiger partial charge < -0.3 is 4.42 Å². The van der Waals surface area contributed by atoms with Crippen LogP contribution in [0.5, 0.6) is 0 Å². The Morgan fingerprint density at radius 2 is 2.05 bits per heavy atom. The van der Waals surface area contributed by atoms with Crippen LogP contribution >= 0.6 is 11.6 Å². The summed E-state index contributed by atoms with van der Waals surface area (Å²) in [6, 6.07) is 9.81. The molecule has 3 rings (SSSR count). The van der Waals surface area contributed by atoms with Crippen molar-refractivity contribution in [1.82, 2.24) is 4.98 Å². The Balaban J connectivity index is 2.12. The van der Waals surface area contributed by atoms with Crippen molar-refractivity contribution in [2.45, 2.75) is 6.92 Å². The molecule has 1 aromatic heterocycles. The number of oxazole rings is 1. The predicted molar refractivity (Wildman–Crippen MR) is 75.8 cm³/mol. The van der Waals surface area contributed by atoms with Gasteiger partial charge >= 0.3 is 0 Å². The van der Waals surface area contributed by atoms with E-state index in [1.54, 1.807) is 12.1 Å². The van der Waals surface area contributed by atoms with E-state index in [1.165, 1.54) is 12.1 Å². The Kier molecular flexibility index (Phi) is 2.91. The van der Waals surface area contributed by atoms with Crippen molar-refractivity contribution in [3.05, 3.63) is 57.1 Å². The number of fused-ring (bicyclic) bond motifs is 1. The fourth-order valence-corrected chi connectivity index (χ4v) is 2.06. The lowest BCUT2D eigenvalue weighted by molar-refractivity contribution is -0.384. The summed E-state index contributed by atoms with van der Waals surface area (Å²) < 4.78 is 5.57. The van der Waals surface area contributed by atoms with E-state index in [2.05, 4.69) is 4.98 Å². The van der Waals surface area contributed by atoms with Gasteiger partial charge in [-0.3, -0.25) is 10.1 Å². The van der Waals surface area contributed by atoms with E-state index in [1.807, 2.05) is 19.1 Å². The number of aryl methyl sites for hydroxylation is 1. The molecule has 0 radical (unpaired) electrons. The fraction of sp³-hybridized carbons (Fsp3) is 0.0714. The molecule has 5 nitrogen and oxygen atoms in total. The highest BCUT2D eigenvalue weighted by Crippen LogP contribution is 2.29. The summed E-state index contributed by atoms with van der Waals surface area (Å²) in [4.78, 5) is 14.6. The van der Waals surface area contributed by atoms with Gasteiger partial charge in [-0.15, -0.1) is 0 Å². The minimum Gasteiger partial charge on any atom is -0.436 e. The SMILES string of the molecule is Cc1ccc(-c2nc3ccc([N+](=O)[O-])cc3o2)cc1Cl. The zero-order valence-corrected chi connectivity index (χ0v) is 11.2. The van der Waals surface area contributed by atoms with Crippen LogP contribution in [0.25, 0.3) is 22.6 Å². The normalized spacial score (nSPS) is 10.9. The van der Waals surface area contributed by atoms with Crippen LogP contribution in [0, 0.1) is 17.0 Å². The maximum absolute atomic E-state index is 10.7. The lowest BCUT2D eigenvalue weighted by atomic mass is 10.1. The molecule has 3 aromatic rings. The van der Waals surface area contributed by atoms with Gasteiger partial charge in [-0.2, -0.15) is 0 Å². The van der Waals surface area contributed by atoms with Crippen LogP contribution in [0.1, 0.15) is 5.56 Å². The Labute approximate surface area is 119 Å². The molecule has 0 fully saturated rings. The predicted octanol–water partition coefficient (Wildman–Crippen LogP) is 4.36. The Morgan fingerprint density at radius 1 is 1.25 bits per heavy atom. The van der Waals surface area contributed by atoms with E-state index in [0.29, 0.717) is 22.0 Å². The molecule has 0 atom stereocenters. The van der Waals surface area contributed by atoms with Gasteiger partial charge in [0.05, 0.1) is 11.0 Å². The average Bonchev–Trinajstić information content (AvgIpc) is 2.84. The summed E-state index contributed by atoms with van der Waals surface area (Å²) >= 11 is 6.07. The standard InChI is InChI=1S/C14H9ClN2O3/c1-8-2-3-9(6-11(8)15)14-16-12-5-4-10(17(18)19)7-13(12)20-14/h2-7H,1H3. The molecule has 0 N–H and O–H groups in total. The minimum absolute atomic E-state index is 0.0258. The van der Waals surface area contributed by atoms with E-state index in [9.17, 15) is 10.1 Å². The van der Waals surface area contributed by atoms with E-state index in [4.69, 9.17) is 16.0 Å². The molecule has 0 spiro atoms. The number of rotatable bonds is 2. The van der Waals surface area contributed by atoms with Crippen LogP contribution in [0.15, 0.2) is 40.8 Å². The smallest absolute Gasteiger partial charge is 0.273 e. The van der Waals surface area contributed by atoms with Crippen LogP contribution in [0.4, 0.5) is 5.69 Å². The van der Waals surface area contributed by atoms with Crippen molar-refractivity contribution in [3.8, 4) is 11.5 Å². The van der Waals surface area contributed by atoms with E-state index < -0.39 is 4.92 Å². The number of non-ortho nitro benzene ring substituents is 1. The van der Waals surface area contributed by atoms with Crippen LogP contribution in [-0.4, -0.2) is 9.91 Å². The molecule has 0 amide bonds. The highest BCUT2D eigenvalue weighted by atomic mass is 35.5. The summed E-state index contributed by atoms with van der Waals surface area (Å²) in [6.45, 7) is 1.90. The summed E-state index contributed by atoms with van der Waals surface area (Å²) in [5.74, 6) is 0.391. The Hall–Kier alpha value is -2.40. The monoisotopic (exact) mass is 288 g/mol. The number of nitro benzene ring substituents is 1. The zero-order chi connectivity index (χ0) is 14.3. The Bertz CT molecular complexity index is 826. The first-order chi connectivity index (χ1) is 9.54. The van der Waals surface area contributed by atoms with Crippen molar-refractivity contribution in [1.29, 1.82) is 0 Å². The van der Waals surface area contributed by atoms with E-state index in [-0.39, 0.29) is 5.69 Å². The number of halogens is 1. The Morgan fingerprint density at radius 3 is 2.75 bits per heavy atom. The molecule has 2 aromatic carbocycles. The lowest BCUT2D eigenvalue weighted by Crippen LogP contribution is -1.86. The first kappa shape index (κ1) is 12.6. The summed E-state index contributed by atoms with van der Waals surface area (Å²) in [5.41, 5.74) is 2.62. The van der Waals surface area contributed by atoms with Crippen molar-refractivity contribution in [2.24, 2.45) is 0 Å². The minimum atomic E-state index is -0.468. The molecule has 0 saturated heterocycles. The van der Waals surface area contributed by atoms with Crippen molar-refractivity contribution in [2.75, 3.05) is 0 Å². The fourth-order valence-electron chi connectivity index (χ4n) is 1.88. The highest BCUT2D eigenvalue weighted by Gasteiger charge is 2.13. The maximum atomic E-state index is 10.7. The second kappa shape index (κ2) is 4.61. The average molecular weight is 289 g/mol. The van der Waals surface area contributed by atoms with Gasteiger partial charge in [0.2, 0.25) is 5.89 Å². The third-order valence-electron chi connectivity index (χ3n) is 3.00. The van der Waals surface area contributed by atoms with Crippen molar-refractivity contribution in [3.63, 3.8) is 0 Å². The molecule has 1 heterocycles. The molecule has 20 heavy (non-hydrogen) atoms. The molecule has 0 unspecified atom stereocenters. The quantitative estimate of drug-likeness (QED) is 0.519. The van der Waals surface area contributed by atoms with Gasteiger partial charge in [-0.1, -0.05) is 17.7 Å². The van der Waals surface area contributed by atoms with Gasteiger partial charge in [0.15, 0.2) is 5.58 Å². The molecular weight excluding hydrogens is 280 g/mol. The van der Waals surface area contributed by atoms with Gasteiger partial charge in [0.25, 0.3) is 5.69 Å². The molecule has 100 valence electrons. The second-order valence-electron chi connectivity index (χ2n) is 4.39. The van der Waals surface area contributed by atoms with Gasteiger partial charge in [0.1, 0.15) is 5.52 Å². The number of hydrogen-bond donors (Lipinski definition) is 0. The van der Waals surface area contributed by atoms with Crippen LogP contribution in [-0.2, 0) is 0 Å². The van der Waals surface area contributed by atoms with Crippen LogP contribution in [0.3, 0.4) is 0 Å². The number of hydrogen-bond acceptors (Lipinski definition) is 4. The zero-order valence-electron chi connectivity index (χ0n) is 10.5. The van der Waals surface area contributed by atoms with Gasteiger partial charge in [-0.25, -0.2) is 4.98 Å². The number of nitrogens with zero attached hydrogens (tertiary/aromatic N) is 2. The van der Waals surface area contributed by atoms with Crippen molar-refractivity contribution < 1.29 is 9.34 Å². The second-order valence-corrected chi connectivity index (χ2v) is 4.80. The summed E-state index contributed by atoms with van der Waals surface area (Å²) in [6.07, 6.45) is 0. The van der Waals surface area contributed by atoms with Crippen LogP contribution < -0.4 is 0 Å². The third kappa shape index (κ3) is 2.12. The third-order valence-corrected chi connectivity index (χ3v) is 3.41. The topological polar surface area (TPSA) is 69.2 Å². The first-order valence-electron chi connectivity index (χ1n) is 5.86. The van der Waals surface area contributed by atoms with Gasteiger partial charge in [-0.05, 0) is 30.7 Å². The molecule has 0 saturated carbocycles. The molecule has 0 bridgehead atoms. The van der Waals surface area contributed by atoms with Crippen molar-refractivity contribution >= 4 is 28.4 Å². The first-order valence-corrected chi connectivity index (χ1v) is 6.24. The molecule has 0 aliphatic carbocycles. The molecular formula is C14H9ClN2O3. The molecule has 6 heteroatoms. The number of nitro groups is 1. The maximum Gasteiger partial charge on any atom is 0.273 e. The lowest BCUT2D eigenvalue weighted by Gasteiger charge is -1.99. The van der Waals surface area contributed by atoms with Crippen LogP contribution in [0.2, 0.25) is 5.02 Å². The summed E-state index contributed by atoms with van der Waals surface area (Å²) in [7, 11) is 0. The number of aromatic nitrogens is 1. The summed E-state index contributed by atoms with van der Waals surface area (Å²) in [5, 5.41) is 11.4. The van der Waals surface area contributed by atoms with Gasteiger partial charge in [0, 0.05) is 16.7 Å². The number of benzene rings is 2. The molecule has 0 aliphatic heterocycles.